The molecule has 3 rings (SSSR count). The molecule has 0 bridgehead atoms. The van der Waals surface area contributed by atoms with Crippen LogP contribution in [0.1, 0.15) is 31.2 Å². The molecule has 0 atom stereocenters. The molecule has 22 heavy (non-hydrogen) atoms. The van der Waals surface area contributed by atoms with E-state index in [9.17, 15) is 9.90 Å². The minimum Gasteiger partial charge on any atom is -0.481 e. The summed E-state index contributed by atoms with van der Waals surface area (Å²) in [6, 6.07) is 9.98. The third-order valence-electron chi connectivity index (χ3n) is 4.39. The molecule has 0 aliphatic heterocycles. The van der Waals surface area contributed by atoms with Gasteiger partial charge in [-0.1, -0.05) is 18.2 Å². The summed E-state index contributed by atoms with van der Waals surface area (Å²) in [4.78, 5) is 15.6. The van der Waals surface area contributed by atoms with Crippen molar-refractivity contribution >= 4 is 22.7 Å². The Bertz CT molecular complexity index is 679. The van der Waals surface area contributed by atoms with Crippen molar-refractivity contribution in [3.8, 4) is 0 Å². The molecule has 116 valence electrons. The maximum atomic E-state index is 11.0. The van der Waals surface area contributed by atoms with Gasteiger partial charge >= 0.3 is 5.97 Å². The Morgan fingerprint density at radius 3 is 2.64 bits per heavy atom. The summed E-state index contributed by atoms with van der Waals surface area (Å²) in [5.74, 6) is -0.210. The Labute approximate surface area is 129 Å². The summed E-state index contributed by atoms with van der Waals surface area (Å²) in [6.45, 7) is -0.0648. The van der Waals surface area contributed by atoms with Crippen LogP contribution < -0.4 is 5.32 Å². The molecular weight excluding hydrogens is 280 g/mol. The number of aliphatic carboxylic acids is 1. The second-order valence-electron chi connectivity index (χ2n) is 5.88. The molecule has 0 amide bonds. The van der Waals surface area contributed by atoms with E-state index in [-0.39, 0.29) is 18.6 Å². The van der Waals surface area contributed by atoms with Crippen molar-refractivity contribution < 1.29 is 15.0 Å². The van der Waals surface area contributed by atoms with Crippen LogP contribution >= 0.6 is 0 Å². The molecule has 0 spiro atoms. The van der Waals surface area contributed by atoms with Crippen LogP contribution in [0.5, 0.6) is 0 Å². The van der Waals surface area contributed by atoms with Gasteiger partial charge in [0.15, 0.2) is 0 Å². The van der Waals surface area contributed by atoms with Crippen LogP contribution in [0, 0.1) is 5.92 Å². The van der Waals surface area contributed by atoms with E-state index >= 15 is 0 Å². The molecule has 0 radical (unpaired) electrons. The second kappa shape index (κ2) is 6.32. The Kier molecular flexibility index (Phi) is 4.24. The van der Waals surface area contributed by atoms with Gasteiger partial charge in [-0.25, -0.2) is 4.98 Å². The molecule has 0 unspecified atom stereocenters. The fourth-order valence-corrected chi connectivity index (χ4v) is 3.08. The predicted molar refractivity (Wildman–Crippen MR) is 84.7 cm³/mol. The summed E-state index contributed by atoms with van der Waals surface area (Å²) >= 11 is 0. The second-order valence-corrected chi connectivity index (χ2v) is 5.88. The smallest absolute Gasteiger partial charge is 0.306 e. The fraction of sp³-hybridized carbons (Fsp3) is 0.412. The van der Waals surface area contributed by atoms with Crippen LogP contribution in [0.4, 0.5) is 5.82 Å². The first kappa shape index (κ1) is 14.8. The highest BCUT2D eigenvalue weighted by atomic mass is 16.4. The maximum absolute atomic E-state index is 11.0. The number of pyridine rings is 1. The third-order valence-corrected chi connectivity index (χ3v) is 4.39. The Morgan fingerprint density at radius 2 is 1.95 bits per heavy atom. The van der Waals surface area contributed by atoms with Gasteiger partial charge in [-0.2, -0.15) is 0 Å². The van der Waals surface area contributed by atoms with Crippen LogP contribution in [-0.4, -0.2) is 27.2 Å². The summed E-state index contributed by atoms with van der Waals surface area (Å²) in [5.41, 5.74) is 1.67. The minimum absolute atomic E-state index is 0.0648. The number of benzene rings is 1. The number of carboxylic acids is 1. The average molecular weight is 300 g/mol. The van der Waals surface area contributed by atoms with E-state index in [1.54, 1.807) is 0 Å². The van der Waals surface area contributed by atoms with Gasteiger partial charge in [-0.15, -0.1) is 0 Å². The molecule has 1 aliphatic rings. The first-order valence-electron chi connectivity index (χ1n) is 7.66. The highest BCUT2D eigenvalue weighted by Gasteiger charge is 2.26. The van der Waals surface area contributed by atoms with E-state index in [4.69, 9.17) is 5.11 Å². The van der Waals surface area contributed by atoms with E-state index in [1.165, 1.54) is 0 Å². The van der Waals surface area contributed by atoms with Gasteiger partial charge < -0.3 is 15.5 Å². The van der Waals surface area contributed by atoms with Gasteiger partial charge in [0.2, 0.25) is 0 Å². The number of rotatable bonds is 4. The van der Waals surface area contributed by atoms with E-state index < -0.39 is 5.97 Å². The predicted octanol–water partition coefficient (Wildman–Crippen LogP) is 2.78. The van der Waals surface area contributed by atoms with Crippen LogP contribution in [0.3, 0.4) is 0 Å². The number of aromatic nitrogens is 1. The summed E-state index contributed by atoms with van der Waals surface area (Å²) in [5, 5.41) is 23.0. The van der Waals surface area contributed by atoms with Gasteiger partial charge in [0, 0.05) is 17.0 Å². The van der Waals surface area contributed by atoms with Crippen LogP contribution in [0.15, 0.2) is 30.3 Å². The standard InChI is InChI=1S/C17H20N2O3/c20-10-13-9-12-3-1-2-4-15(12)19-16(13)18-14-7-5-11(6-8-14)17(21)22/h1-4,9,11,14,20H,5-8,10H2,(H,18,19)(H,21,22). The molecule has 3 N–H and O–H groups in total. The van der Waals surface area contributed by atoms with Gasteiger partial charge in [-0.3, -0.25) is 4.79 Å². The lowest BCUT2D eigenvalue weighted by atomic mass is 9.86. The van der Waals surface area contributed by atoms with Crippen molar-refractivity contribution in [1.82, 2.24) is 4.98 Å². The van der Waals surface area contributed by atoms with Crippen molar-refractivity contribution in [3.63, 3.8) is 0 Å². The highest BCUT2D eigenvalue weighted by molar-refractivity contribution is 5.81. The molecule has 5 heteroatoms. The van der Waals surface area contributed by atoms with Gasteiger partial charge in [0.25, 0.3) is 0 Å². The number of aliphatic hydroxyl groups is 1. The molecule has 1 aromatic heterocycles. The van der Waals surface area contributed by atoms with Crippen LogP contribution in [-0.2, 0) is 11.4 Å². The summed E-state index contributed by atoms with van der Waals surface area (Å²) in [6.07, 6.45) is 3.01. The number of fused-ring (bicyclic) bond motifs is 1. The number of carboxylic acid groups (broad SMARTS) is 1. The zero-order chi connectivity index (χ0) is 15.5. The minimum atomic E-state index is -0.696. The van der Waals surface area contributed by atoms with Crippen molar-refractivity contribution in [2.45, 2.75) is 38.3 Å². The van der Waals surface area contributed by atoms with Crippen molar-refractivity contribution in [3.05, 3.63) is 35.9 Å². The number of anilines is 1. The lowest BCUT2D eigenvalue weighted by Crippen LogP contribution is -2.29. The monoisotopic (exact) mass is 300 g/mol. The normalized spacial score (nSPS) is 21.7. The number of aliphatic hydroxyl groups excluding tert-OH is 1. The number of hydrogen-bond acceptors (Lipinski definition) is 4. The van der Waals surface area contributed by atoms with Gasteiger partial charge in [0.05, 0.1) is 18.0 Å². The van der Waals surface area contributed by atoms with E-state index in [2.05, 4.69) is 10.3 Å². The molecule has 1 fully saturated rings. The lowest BCUT2D eigenvalue weighted by Gasteiger charge is -2.28. The first-order valence-corrected chi connectivity index (χ1v) is 7.66. The van der Waals surface area contributed by atoms with Crippen molar-refractivity contribution in [2.24, 2.45) is 5.92 Å². The zero-order valence-electron chi connectivity index (χ0n) is 12.3. The molecule has 1 aliphatic carbocycles. The number of nitrogens with one attached hydrogen (secondary N) is 1. The Morgan fingerprint density at radius 1 is 1.23 bits per heavy atom. The van der Waals surface area contributed by atoms with Gasteiger partial charge in [-0.05, 0) is 37.8 Å². The topological polar surface area (TPSA) is 82.5 Å². The molecule has 5 nitrogen and oxygen atoms in total. The molecule has 1 saturated carbocycles. The van der Waals surface area contributed by atoms with E-state index in [0.29, 0.717) is 18.7 Å². The number of para-hydroxylation sites is 1. The molecular formula is C17H20N2O3. The van der Waals surface area contributed by atoms with Crippen LogP contribution in [0.2, 0.25) is 0 Å². The summed E-state index contributed by atoms with van der Waals surface area (Å²) in [7, 11) is 0. The first-order chi connectivity index (χ1) is 10.7. The van der Waals surface area contributed by atoms with Gasteiger partial charge in [0.1, 0.15) is 5.82 Å². The quantitative estimate of drug-likeness (QED) is 0.809. The molecule has 0 saturated heterocycles. The zero-order valence-corrected chi connectivity index (χ0v) is 12.3. The third kappa shape index (κ3) is 3.04. The van der Waals surface area contributed by atoms with Crippen LogP contribution in [0.25, 0.3) is 10.9 Å². The Balaban J connectivity index is 1.77. The fourth-order valence-electron chi connectivity index (χ4n) is 3.08. The highest BCUT2D eigenvalue weighted by Crippen LogP contribution is 2.28. The average Bonchev–Trinajstić information content (AvgIpc) is 2.54. The molecule has 2 aromatic rings. The van der Waals surface area contributed by atoms with E-state index in [0.717, 1.165) is 29.3 Å². The number of nitrogens with zero attached hydrogens (tertiary/aromatic N) is 1. The van der Waals surface area contributed by atoms with E-state index in [1.807, 2.05) is 30.3 Å². The molecule has 1 aromatic carbocycles. The largest absolute Gasteiger partial charge is 0.481 e. The van der Waals surface area contributed by atoms with Crippen molar-refractivity contribution in [1.29, 1.82) is 0 Å². The number of hydrogen-bond donors (Lipinski definition) is 3. The lowest BCUT2D eigenvalue weighted by molar-refractivity contribution is -0.142. The summed E-state index contributed by atoms with van der Waals surface area (Å²) < 4.78 is 0. The molecule has 1 heterocycles. The number of carbonyl (C=O) groups is 1. The maximum Gasteiger partial charge on any atom is 0.306 e. The SMILES string of the molecule is O=C(O)C1CCC(Nc2nc3ccccc3cc2CO)CC1. The Hall–Kier alpha value is -2.14. The van der Waals surface area contributed by atoms with Crippen molar-refractivity contribution in [2.75, 3.05) is 5.32 Å².